The predicted octanol–water partition coefficient (Wildman–Crippen LogP) is 3.40. The second kappa shape index (κ2) is 5.13. The number of carbonyl (C=O) groups is 1. The number of nitrogens with zero attached hydrogens (tertiary/aromatic N) is 2. The topological polar surface area (TPSA) is 64.3 Å². The molecule has 1 aromatic carbocycles. The van der Waals surface area contributed by atoms with E-state index in [0.29, 0.717) is 0 Å². The highest BCUT2D eigenvalue weighted by atomic mass is 79.9. The summed E-state index contributed by atoms with van der Waals surface area (Å²) in [5, 5.41) is 19.5. The van der Waals surface area contributed by atoms with E-state index in [9.17, 15) is 15.2 Å². The van der Waals surface area contributed by atoms with Gasteiger partial charge in [-0.3, -0.25) is 4.79 Å². The highest BCUT2D eigenvalue weighted by Gasteiger charge is 2.62. The van der Waals surface area contributed by atoms with Crippen LogP contribution in [0.4, 0.5) is 5.69 Å². The van der Waals surface area contributed by atoms with Crippen molar-refractivity contribution in [2.24, 2.45) is 17.3 Å². The average Bonchev–Trinajstić information content (AvgIpc) is 3.06. The van der Waals surface area contributed by atoms with Gasteiger partial charge < -0.3 is 10.0 Å². The number of hydrogen-bond donors (Lipinski definition) is 1. The van der Waals surface area contributed by atoms with Crippen LogP contribution in [-0.2, 0) is 4.79 Å². The van der Waals surface area contributed by atoms with E-state index < -0.39 is 11.4 Å². The van der Waals surface area contributed by atoms with Gasteiger partial charge in [0.05, 0.1) is 6.07 Å². The maximum absolute atomic E-state index is 11.9. The Labute approximate surface area is 138 Å². The summed E-state index contributed by atoms with van der Waals surface area (Å²) in [5.74, 6) is -1.41. The first-order valence-electron chi connectivity index (χ1n) is 7.21. The lowest BCUT2D eigenvalue weighted by molar-refractivity contribution is -0.147. The van der Waals surface area contributed by atoms with Crippen molar-refractivity contribution >= 4 is 27.6 Å². The van der Waals surface area contributed by atoms with Gasteiger partial charge in [-0.1, -0.05) is 34.1 Å². The van der Waals surface area contributed by atoms with Crippen molar-refractivity contribution in [2.75, 3.05) is 19.0 Å². The molecule has 0 radical (unpaired) electrons. The number of allylic oxidation sites excluding steroid dienone is 2. The fourth-order valence-electron chi connectivity index (χ4n) is 3.89. The number of carboxylic acids is 1. The summed E-state index contributed by atoms with van der Waals surface area (Å²) in [6, 6.07) is 8.04. The van der Waals surface area contributed by atoms with Crippen molar-refractivity contribution in [3.63, 3.8) is 0 Å². The average molecular weight is 361 g/mol. The maximum Gasteiger partial charge on any atom is 0.325 e. The van der Waals surface area contributed by atoms with Gasteiger partial charge in [0, 0.05) is 36.1 Å². The zero-order valence-corrected chi connectivity index (χ0v) is 14.0. The van der Waals surface area contributed by atoms with Gasteiger partial charge in [-0.25, -0.2) is 0 Å². The van der Waals surface area contributed by atoms with E-state index in [4.69, 9.17) is 0 Å². The number of anilines is 1. The Bertz CT molecular complexity index is 707. The third-order valence-corrected chi connectivity index (χ3v) is 5.68. The Morgan fingerprint density at radius 3 is 2.73 bits per heavy atom. The summed E-state index contributed by atoms with van der Waals surface area (Å²) in [6.07, 6.45) is 4.72. The SMILES string of the molecule is CN(C)c1ccc([C@@H]2[C@H]3C=C[C@H](C3)[C@]2(C#N)C(=O)O)c(Br)c1. The second-order valence-electron chi connectivity index (χ2n) is 6.25. The molecule has 1 aromatic rings. The molecule has 1 fully saturated rings. The number of halogens is 1. The minimum atomic E-state index is -1.36. The molecular formula is C17H17BrN2O2. The lowest BCUT2D eigenvalue weighted by Gasteiger charge is -2.33. The van der Waals surface area contributed by atoms with Gasteiger partial charge >= 0.3 is 5.97 Å². The normalized spacial score (nSPS) is 32.0. The van der Waals surface area contributed by atoms with Gasteiger partial charge in [-0.05, 0) is 30.0 Å². The van der Waals surface area contributed by atoms with E-state index in [0.717, 1.165) is 22.1 Å². The number of rotatable bonds is 3. The number of benzene rings is 1. The monoisotopic (exact) mass is 360 g/mol. The third kappa shape index (κ3) is 1.90. The van der Waals surface area contributed by atoms with E-state index >= 15 is 0 Å². The van der Waals surface area contributed by atoms with Crippen LogP contribution < -0.4 is 4.90 Å². The molecule has 0 spiro atoms. The van der Waals surface area contributed by atoms with Crippen LogP contribution in [0, 0.1) is 28.6 Å². The molecule has 1 saturated carbocycles. The van der Waals surface area contributed by atoms with Crippen molar-refractivity contribution in [1.29, 1.82) is 5.26 Å². The van der Waals surface area contributed by atoms with Crippen molar-refractivity contribution in [3.05, 3.63) is 40.4 Å². The Kier molecular flexibility index (Phi) is 3.53. The molecule has 2 aliphatic rings. The maximum atomic E-state index is 11.9. The number of fused-ring (bicyclic) bond motifs is 2. The molecule has 4 nitrogen and oxygen atoms in total. The van der Waals surface area contributed by atoms with Gasteiger partial charge in [0.2, 0.25) is 0 Å². The molecule has 0 amide bonds. The van der Waals surface area contributed by atoms with Gasteiger partial charge in [-0.2, -0.15) is 5.26 Å². The molecular weight excluding hydrogens is 344 g/mol. The summed E-state index contributed by atoms with van der Waals surface area (Å²) in [7, 11) is 3.91. The summed E-state index contributed by atoms with van der Waals surface area (Å²) >= 11 is 3.57. The lowest BCUT2D eigenvalue weighted by atomic mass is 9.67. The summed E-state index contributed by atoms with van der Waals surface area (Å²) in [4.78, 5) is 13.9. The van der Waals surface area contributed by atoms with Gasteiger partial charge in [0.25, 0.3) is 0 Å². The molecule has 4 atom stereocenters. The van der Waals surface area contributed by atoms with Crippen LogP contribution in [0.1, 0.15) is 17.9 Å². The fraction of sp³-hybridized carbons (Fsp3) is 0.412. The molecule has 0 aromatic heterocycles. The van der Waals surface area contributed by atoms with Gasteiger partial charge in [0.1, 0.15) is 0 Å². The van der Waals surface area contributed by atoms with E-state index in [-0.39, 0.29) is 17.8 Å². The molecule has 22 heavy (non-hydrogen) atoms. The molecule has 0 heterocycles. The Morgan fingerprint density at radius 2 is 2.18 bits per heavy atom. The largest absolute Gasteiger partial charge is 0.480 e. The van der Waals surface area contributed by atoms with Crippen molar-refractivity contribution in [1.82, 2.24) is 0 Å². The van der Waals surface area contributed by atoms with E-state index in [2.05, 4.69) is 28.1 Å². The zero-order valence-electron chi connectivity index (χ0n) is 12.5. The number of hydrogen-bond acceptors (Lipinski definition) is 3. The van der Waals surface area contributed by atoms with Gasteiger partial charge in [-0.15, -0.1) is 0 Å². The molecule has 2 bridgehead atoms. The highest BCUT2D eigenvalue weighted by molar-refractivity contribution is 9.10. The van der Waals surface area contributed by atoms with Crippen molar-refractivity contribution in [2.45, 2.75) is 12.3 Å². The Hall–Kier alpha value is -1.80. The first kappa shape index (κ1) is 15.1. The highest BCUT2D eigenvalue weighted by Crippen LogP contribution is 2.61. The molecule has 2 aliphatic carbocycles. The van der Waals surface area contributed by atoms with E-state index in [1.165, 1.54) is 0 Å². The zero-order chi connectivity index (χ0) is 16.1. The fourth-order valence-corrected chi connectivity index (χ4v) is 4.51. The minimum Gasteiger partial charge on any atom is -0.480 e. The molecule has 114 valence electrons. The van der Waals surface area contributed by atoms with Gasteiger partial charge in [0.15, 0.2) is 5.41 Å². The van der Waals surface area contributed by atoms with Crippen molar-refractivity contribution in [3.8, 4) is 6.07 Å². The first-order valence-corrected chi connectivity index (χ1v) is 8.01. The standard InChI is InChI=1S/C17H17BrN2O2/c1-20(2)12-5-6-13(14(18)8-12)15-10-3-4-11(7-10)17(15,9-19)16(21)22/h3-6,8,10-11,15H,7H2,1-2H3,(H,21,22)/t10-,11+,15-,17-/m0/s1. The number of nitriles is 1. The van der Waals surface area contributed by atoms with E-state index in [1.54, 1.807) is 0 Å². The third-order valence-electron chi connectivity index (χ3n) is 4.99. The molecule has 1 N–H and O–H groups in total. The molecule has 0 aliphatic heterocycles. The molecule has 3 rings (SSSR count). The summed E-state index contributed by atoms with van der Waals surface area (Å²) in [6.45, 7) is 0. The quantitative estimate of drug-likeness (QED) is 0.839. The Balaban J connectivity index is 2.13. The Morgan fingerprint density at radius 1 is 1.45 bits per heavy atom. The van der Waals surface area contributed by atoms with Crippen LogP contribution in [0.5, 0.6) is 0 Å². The smallest absolute Gasteiger partial charge is 0.325 e. The first-order chi connectivity index (χ1) is 10.4. The molecule has 0 saturated heterocycles. The molecule has 0 unspecified atom stereocenters. The van der Waals surface area contributed by atoms with Crippen LogP contribution in [0.2, 0.25) is 0 Å². The van der Waals surface area contributed by atoms with Crippen LogP contribution in [0.25, 0.3) is 0 Å². The minimum absolute atomic E-state index is 0.113. The lowest BCUT2D eigenvalue weighted by Crippen LogP contribution is -2.39. The van der Waals surface area contributed by atoms with Crippen LogP contribution in [-0.4, -0.2) is 25.2 Å². The predicted molar refractivity (Wildman–Crippen MR) is 87.6 cm³/mol. The van der Waals surface area contributed by atoms with Crippen molar-refractivity contribution < 1.29 is 9.90 Å². The number of carboxylic acid groups (broad SMARTS) is 1. The summed E-state index contributed by atoms with van der Waals surface area (Å²) in [5.41, 5.74) is 0.584. The van der Waals surface area contributed by atoms with Crippen LogP contribution in [0.15, 0.2) is 34.8 Å². The molecule has 5 heteroatoms. The summed E-state index contributed by atoms with van der Waals surface area (Å²) < 4.78 is 0.866. The second-order valence-corrected chi connectivity index (χ2v) is 7.11. The number of aliphatic carboxylic acids is 1. The van der Waals surface area contributed by atoms with Crippen LogP contribution >= 0.6 is 15.9 Å². The van der Waals surface area contributed by atoms with Crippen LogP contribution in [0.3, 0.4) is 0 Å². The van der Waals surface area contributed by atoms with E-state index in [1.807, 2.05) is 43.3 Å².